The molecule has 0 saturated heterocycles. The van der Waals surface area contributed by atoms with Crippen molar-refractivity contribution >= 4 is 53.6 Å². The molecule has 4 rings (SSSR count). The molecule has 0 saturated carbocycles. The lowest BCUT2D eigenvalue weighted by Crippen LogP contribution is -2.54. The lowest BCUT2D eigenvalue weighted by molar-refractivity contribution is -0.385. The van der Waals surface area contributed by atoms with Gasteiger partial charge in [0.15, 0.2) is 0 Å². The van der Waals surface area contributed by atoms with E-state index in [0.717, 1.165) is 97.1 Å². The van der Waals surface area contributed by atoms with Crippen molar-refractivity contribution in [1.82, 2.24) is 0 Å². The van der Waals surface area contributed by atoms with Crippen LogP contribution in [-0.2, 0) is 18.6 Å². The van der Waals surface area contributed by atoms with E-state index in [0.29, 0.717) is 0 Å². The molecule has 0 radical (unpaired) electrons. The molecule has 0 aliphatic heterocycles. The van der Waals surface area contributed by atoms with E-state index in [9.17, 15) is 59.6 Å². The zero-order valence-corrected chi connectivity index (χ0v) is 24.1. The van der Waals surface area contributed by atoms with Crippen LogP contribution < -0.4 is 0 Å². The third-order valence-corrected chi connectivity index (χ3v) is 6.26. The van der Waals surface area contributed by atoms with E-state index in [1.54, 1.807) is 0 Å². The van der Waals surface area contributed by atoms with Gasteiger partial charge < -0.3 is 18.6 Å². The molecule has 0 aliphatic carbocycles. The molecule has 21 heteroatoms. The second-order valence-electron chi connectivity index (χ2n) is 9.41. The fourth-order valence-electron chi connectivity index (χ4n) is 3.82. The average Bonchev–Trinajstić information content (AvgIpc) is 3.08. The molecule has 20 nitrogen and oxygen atoms in total. The largest absolute Gasteiger partial charge is 0.785 e. The summed E-state index contributed by atoms with van der Waals surface area (Å²) >= 11 is 0. The Morgan fingerprint density at radius 2 is 0.531 bits per heavy atom. The van der Waals surface area contributed by atoms with E-state index in [2.05, 4.69) is 0 Å². The smallest absolute Gasteiger partial charge is 0.581 e. The van der Waals surface area contributed by atoms with Crippen molar-refractivity contribution in [2.24, 2.45) is 0 Å². The molecular formula is C28H16BN4O16-. The van der Waals surface area contributed by atoms with Gasteiger partial charge in [0.2, 0.25) is 0 Å². The third-order valence-electron chi connectivity index (χ3n) is 6.26. The highest BCUT2D eigenvalue weighted by molar-refractivity contribution is 6.62. The maximum absolute atomic E-state index is 13.3. The minimum atomic E-state index is -4.71. The molecule has 0 N–H and O–H groups in total. The van der Waals surface area contributed by atoms with Gasteiger partial charge in [0.25, 0.3) is 46.6 Å². The van der Waals surface area contributed by atoms with Crippen LogP contribution in [-0.4, -0.2) is 50.5 Å². The highest BCUT2D eigenvalue weighted by Gasteiger charge is 2.49. The Hall–Kier alpha value is -7.58. The van der Waals surface area contributed by atoms with Crippen molar-refractivity contribution in [3.63, 3.8) is 0 Å². The Bertz CT molecular complexity index is 1690. The Morgan fingerprint density at radius 1 is 0.367 bits per heavy atom. The van der Waals surface area contributed by atoms with Crippen LogP contribution >= 0.6 is 0 Å². The van der Waals surface area contributed by atoms with Gasteiger partial charge in [-0.15, -0.1) is 0 Å². The van der Waals surface area contributed by atoms with Gasteiger partial charge in [0, 0.05) is 48.5 Å². The van der Waals surface area contributed by atoms with Crippen LogP contribution in [0.1, 0.15) is 41.4 Å². The molecule has 4 aromatic rings. The molecule has 0 bridgehead atoms. The van der Waals surface area contributed by atoms with Crippen LogP contribution in [0.5, 0.6) is 0 Å². The van der Waals surface area contributed by atoms with Crippen LogP contribution in [0.15, 0.2) is 97.1 Å². The number of hydrogen-bond donors (Lipinski definition) is 0. The van der Waals surface area contributed by atoms with Gasteiger partial charge in [-0.3, -0.25) is 59.6 Å². The summed E-state index contributed by atoms with van der Waals surface area (Å²) in [7, 11) is 0. The van der Waals surface area contributed by atoms with Gasteiger partial charge >= 0.3 is 6.96 Å². The van der Waals surface area contributed by atoms with Crippen molar-refractivity contribution in [3.05, 3.63) is 160 Å². The van der Waals surface area contributed by atoms with Crippen LogP contribution in [0.2, 0.25) is 0 Å². The summed E-state index contributed by atoms with van der Waals surface area (Å²) in [6.45, 7) is -4.71. The molecular weight excluding hydrogens is 659 g/mol. The number of carbonyl (C=O) groups is 4. The fraction of sp³-hybridized carbons (Fsp3) is 0. The summed E-state index contributed by atoms with van der Waals surface area (Å²) < 4.78 is 20.7. The normalized spacial score (nSPS) is 10.6. The number of non-ortho nitro benzene ring substituents is 4. The molecule has 248 valence electrons. The van der Waals surface area contributed by atoms with Crippen LogP contribution in [0, 0.1) is 40.5 Å². The zero-order chi connectivity index (χ0) is 35.9. The first-order valence-corrected chi connectivity index (χ1v) is 13.2. The first kappa shape index (κ1) is 34.3. The standard InChI is InChI=1S/C28H16BN4O16/c34-25(17-1-9-21(10-2-17)30(38)39)46-29(47-26(35)18-3-11-22(12-4-18)31(40)41,48-27(36)19-5-13-23(14-6-19)32(42)43)49-28(37)20-7-15-24(16-8-20)33(44)45/h1-16H/q-1. The van der Waals surface area contributed by atoms with Crippen LogP contribution in [0.25, 0.3) is 0 Å². The number of benzene rings is 4. The highest BCUT2D eigenvalue weighted by Crippen LogP contribution is 2.25. The molecule has 0 amide bonds. The zero-order valence-electron chi connectivity index (χ0n) is 24.1. The maximum atomic E-state index is 13.3. The molecule has 0 atom stereocenters. The summed E-state index contributed by atoms with van der Waals surface area (Å²) in [6, 6.07) is 14.3. The maximum Gasteiger partial charge on any atom is 0.785 e. The Morgan fingerprint density at radius 3 is 0.673 bits per heavy atom. The molecule has 0 fully saturated rings. The molecule has 0 unspecified atom stereocenters. The Labute approximate surface area is 271 Å². The van der Waals surface area contributed by atoms with Gasteiger partial charge in [0.05, 0.1) is 41.9 Å². The first-order chi connectivity index (χ1) is 23.2. The van der Waals surface area contributed by atoms with E-state index in [1.807, 2.05) is 0 Å². The number of hydrogen-bond acceptors (Lipinski definition) is 16. The number of nitrogens with zero attached hydrogens (tertiary/aromatic N) is 4. The number of carbonyl (C=O) groups excluding carboxylic acids is 4. The molecule has 0 aromatic heterocycles. The molecule has 4 aromatic carbocycles. The first-order valence-electron chi connectivity index (χ1n) is 13.2. The second-order valence-corrected chi connectivity index (χ2v) is 9.41. The minimum Gasteiger partial charge on any atom is -0.581 e. The highest BCUT2D eigenvalue weighted by atomic mass is 16.9. The summed E-state index contributed by atoms with van der Waals surface area (Å²) in [5, 5.41) is 44.2. The quantitative estimate of drug-likeness (QED) is 0.114. The van der Waals surface area contributed by atoms with Gasteiger partial charge in [-0.1, -0.05) is 0 Å². The molecule has 0 aliphatic rings. The lowest BCUT2D eigenvalue weighted by atomic mass is 10.0. The second kappa shape index (κ2) is 14.2. The van der Waals surface area contributed by atoms with Crippen molar-refractivity contribution < 1.29 is 57.5 Å². The predicted molar refractivity (Wildman–Crippen MR) is 160 cm³/mol. The van der Waals surface area contributed by atoms with E-state index in [1.165, 1.54) is 0 Å². The van der Waals surface area contributed by atoms with Gasteiger partial charge in [-0.05, 0) is 48.5 Å². The SMILES string of the molecule is O=C(O[B-](OC(=O)c1ccc([N+](=O)[O-])cc1)(OC(=O)c1ccc([N+](=O)[O-])cc1)OC(=O)c1ccc([N+](=O)[O-])cc1)c1ccc([N+](=O)[O-])cc1. The number of nitro groups is 4. The lowest BCUT2D eigenvalue weighted by Gasteiger charge is -2.38. The fourth-order valence-corrected chi connectivity index (χ4v) is 3.82. The van der Waals surface area contributed by atoms with Crippen molar-refractivity contribution in [1.29, 1.82) is 0 Å². The average molecular weight is 675 g/mol. The molecule has 49 heavy (non-hydrogen) atoms. The monoisotopic (exact) mass is 675 g/mol. The Kier molecular flexibility index (Phi) is 9.97. The van der Waals surface area contributed by atoms with Gasteiger partial charge in [-0.2, -0.15) is 0 Å². The van der Waals surface area contributed by atoms with Crippen molar-refractivity contribution in [2.45, 2.75) is 0 Å². The predicted octanol–water partition coefficient (Wildman–Crippen LogP) is 4.48. The number of rotatable bonds is 12. The van der Waals surface area contributed by atoms with Crippen LogP contribution in [0.3, 0.4) is 0 Å². The summed E-state index contributed by atoms with van der Waals surface area (Å²) in [4.78, 5) is 94.2. The molecule has 0 heterocycles. The van der Waals surface area contributed by atoms with Crippen molar-refractivity contribution in [2.75, 3.05) is 0 Å². The van der Waals surface area contributed by atoms with E-state index in [4.69, 9.17) is 18.6 Å². The molecule has 0 spiro atoms. The topological polar surface area (TPSA) is 278 Å². The summed E-state index contributed by atoms with van der Waals surface area (Å²) in [6.07, 6.45) is 0. The summed E-state index contributed by atoms with van der Waals surface area (Å²) in [5.74, 6) is -6.11. The van der Waals surface area contributed by atoms with Crippen molar-refractivity contribution in [3.8, 4) is 0 Å². The van der Waals surface area contributed by atoms with Gasteiger partial charge in [0.1, 0.15) is 0 Å². The minimum absolute atomic E-state index is 0.452. The van der Waals surface area contributed by atoms with E-state index < -0.39 is 95.5 Å². The van der Waals surface area contributed by atoms with E-state index in [-0.39, 0.29) is 0 Å². The number of nitro benzene ring substituents is 4. The summed E-state index contributed by atoms with van der Waals surface area (Å²) in [5.41, 5.74) is -3.69. The Balaban J connectivity index is 1.80. The third kappa shape index (κ3) is 8.37. The van der Waals surface area contributed by atoms with E-state index >= 15 is 0 Å². The van der Waals surface area contributed by atoms with Gasteiger partial charge in [-0.25, -0.2) is 0 Å². The van der Waals surface area contributed by atoms with Crippen LogP contribution in [0.4, 0.5) is 22.7 Å².